The predicted molar refractivity (Wildman–Crippen MR) is 80.8 cm³/mol. The first-order valence-corrected chi connectivity index (χ1v) is 7.22. The summed E-state index contributed by atoms with van der Waals surface area (Å²) >= 11 is 0. The molecule has 0 radical (unpaired) electrons. The Bertz CT molecular complexity index is 398. The maximum atomic E-state index is 5.26. The highest BCUT2D eigenvalue weighted by Gasteiger charge is 2.19. The van der Waals surface area contributed by atoms with Crippen LogP contribution in [0.25, 0.3) is 0 Å². The van der Waals surface area contributed by atoms with E-state index in [1.807, 2.05) is 7.05 Å². The second kappa shape index (κ2) is 6.92. The van der Waals surface area contributed by atoms with Crippen LogP contribution >= 0.6 is 0 Å². The number of benzene rings is 1. The Morgan fingerprint density at radius 1 is 1.32 bits per heavy atom. The molecule has 1 aliphatic heterocycles. The highest BCUT2D eigenvalue weighted by molar-refractivity contribution is 5.51. The molecule has 106 valence electrons. The van der Waals surface area contributed by atoms with Gasteiger partial charge in [0.1, 0.15) is 0 Å². The lowest BCUT2D eigenvalue weighted by Gasteiger charge is -2.33. The smallest absolute Gasteiger partial charge is 0.0491 e. The molecule has 2 rings (SSSR count). The summed E-state index contributed by atoms with van der Waals surface area (Å²) in [5.41, 5.74) is 4.14. The van der Waals surface area contributed by atoms with Gasteiger partial charge in [-0.25, -0.2) is 0 Å². The van der Waals surface area contributed by atoms with Gasteiger partial charge in [0.05, 0.1) is 0 Å². The van der Waals surface area contributed by atoms with Crippen LogP contribution in [0.15, 0.2) is 18.2 Å². The molecule has 1 saturated heterocycles. The fourth-order valence-electron chi connectivity index (χ4n) is 2.86. The second-order valence-electron chi connectivity index (χ2n) is 5.53. The molecule has 3 heteroatoms. The Balaban J connectivity index is 1.97. The maximum absolute atomic E-state index is 5.26. The van der Waals surface area contributed by atoms with Crippen LogP contribution in [-0.4, -0.2) is 33.9 Å². The zero-order valence-electron chi connectivity index (χ0n) is 12.4. The van der Waals surface area contributed by atoms with Crippen LogP contribution in [0.1, 0.15) is 24.0 Å². The fourth-order valence-corrected chi connectivity index (χ4v) is 2.86. The van der Waals surface area contributed by atoms with E-state index in [1.54, 1.807) is 7.11 Å². The topological polar surface area (TPSA) is 24.5 Å². The largest absolute Gasteiger partial charge is 0.384 e. The van der Waals surface area contributed by atoms with E-state index in [-0.39, 0.29) is 0 Å². The van der Waals surface area contributed by atoms with Crippen molar-refractivity contribution in [2.75, 3.05) is 38.8 Å². The van der Waals surface area contributed by atoms with E-state index >= 15 is 0 Å². The van der Waals surface area contributed by atoms with Crippen LogP contribution < -0.4 is 10.2 Å². The van der Waals surface area contributed by atoms with Crippen LogP contribution in [0.5, 0.6) is 0 Å². The summed E-state index contributed by atoms with van der Waals surface area (Å²) in [5, 5.41) is 3.22. The van der Waals surface area contributed by atoms with E-state index in [1.165, 1.54) is 29.7 Å². The lowest BCUT2D eigenvalue weighted by Crippen LogP contribution is -2.35. The van der Waals surface area contributed by atoms with Gasteiger partial charge in [-0.05, 0) is 56.0 Å². The van der Waals surface area contributed by atoms with Gasteiger partial charge in [0.15, 0.2) is 0 Å². The number of aryl methyl sites for hydroxylation is 1. The Hall–Kier alpha value is -1.06. The third-order valence-corrected chi connectivity index (χ3v) is 4.08. The summed E-state index contributed by atoms with van der Waals surface area (Å²) in [6.07, 6.45) is 2.48. The van der Waals surface area contributed by atoms with Crippen LogP contribution in [0.2, 0.25) is 0 Å². The van der Waals surface area contributed by atoms with Gasteiger partial charge >= 0.3 is 0 Å². The summed E-state index contributed by atoms with van der Waals surface area (Å²) < 4.78 is 5.26. The molecule has 1 heterocycles. The number of piperidine rings is 1. The molecule has 0 atom stereocenters. The molecular weight excluding hydrogens is 236 g/mol. The Kier molecular flexibility index (Phi) is 5.23. The number of nitrogens with one attached hydrogen (secondary N) is 1. The predicted octanol–water partition coefficient (Wildman–Crippen LogP) is 2.58. The van der Waals surface area contributed by atoms with Crippen molar-refractivity contribution in [1.29, 1.82) is 0 Å². The molecule has 0 unspecified atom stereocenters. The second-order valence-corrected chi connectivity index (χ2v) is 5.53. The molecule has 0 bridgehead atoms. The van der Waals surface area contributed by atoms with E-state index in [0.29, 0.717) is 0 Å². The molecule has 1 N–H and O–H groups in total. The number of methoxy groups -OCH3 is 1. The van der Waals surface area contributed by atoms with Gasteiger partial charge < -0.3 is 15.0 Å². The molecule has 1 aromatic carbocycles. The van der Waals surface area contributed by atoms with E-state index in [2.05, 4.69) is 35.3 Å². The van der Waals surface area contributed by atoms with Crippen molar-refractivity contribution < 1.29 is 4.74 Å². The summed E-state index contributed by atoms with van der Waals surface area (Å²) in [7, 11) is 3.80. The molecule has 0 amide bonds. The Labute approximate surface area is 116 Å². The first-order valence-electron chi connectivity index (χ1n) is 7.22. The zero-order chi connectivity index (χ0) is 13.7. The first-order chi connectivity index (χ1) is 9.24. The summed E-state index contributed by atoms with van der Waals surface area (Å²) in [5.74, 6) is 0.742. The van der Waals surface area contributed by atoms with Crippen molar-refractivity contribution in [1.82, 2.24) is 5.32 Å². The molecule has 0 aliphatic carbocycles. The average molecular weight is 262 g/mol. The van der Waals surface area contributed by atoms with Gasteiger partial charge in [-0.1, -0.05) is 6.07 Å². The van der Waals surface area contributed by atoms with Gasteiger partial charge in [-0.3, -0.25) is 0 Å². The minimum absolute atomic E-state index is 0.742. The molecular formula is C16H26N2O. The maximum Gasteiger partial charge on any atom is 0.0491 e. The zero-order valence-corrected chi connectivity index (χ0v) is 12.4. The van der Waals surface area contributed by atoms with Crippen molar-refractivity contribution in [2.24, 2.45) is 5.92 Å². The SMILES string of the molecule is CNCc1ccc(N2CCC(COC)CC2)cc1C. The molecule has 1 aromatic rings. The minimum atomic E-state index is 0.742. The first kappa shape index (κ1) is 14.4. The highest BCUT2D eigenvalue weighted by atomic mass is 16.5. The Morgan fingerprint density at radius 2 is 2.05 bits per heavy atom. The van der Waals surface area contributed by atoms with Crippen LogP contribution in [0.4, 0.5) is 5.69 Å². The van der Waals surface area contributed by atoms with Crippen molar-refractivity contribution >= 4 is 5.69 Å². The van der Waals surface area contributed by atoms with E-state index in [9.17, 15) is 0 Å². The molecule has 0 saturated carbocycles. The number of hydrogen-bond acceptors (Lipinski definition) is 3. The molecule has 0 spiro atoms. The number of nitrogens with zero attached hydrogens (tertiary/aromatic N) is 1. The number of anilines is 1. The van der Waals surface area contributed by atoms with Gasteiger partial charge in [-0.2, -0.15) is 0 Å². The normalized spacial score (nSPS) is 16.9. The summed E-state index contributed by atoms with van der Waals surface area (Å²) in [6.45, 7) is 6.36. The van der Waals surface area contributed by atoms with E-state index in [0.717, 1.165) is 32.2 Å². The van der Waals surface area contributed by atoms with Crippen molar-refractivity contribution in [3.63, 3.8) is 0 Å². The molecule has 1 aliphatic rings. The highest BCUT2D eigenvalue weighted by Crippen LogP contribution is 2.25. The number of rotatable bonds is 5. The lowest BCUT2D eigenvalue weighted by atomic mass is 9.97. The number of hydrogen-bond donors (Lipinski definition) is 1. The fraction of sp³-hybridized carbons (Fsp3) is 0.625. The van der Waals surface area contributed by atoms with Gasteiger partial charge in [-0.15, -0.1) is 0 Å². The molecule has 3 nitrogen and oxygen atoms in total. The van der Waals surface area contributed by atoms with Crippen molar-refractivity contribution in [3.8, 4) is 0 Å². The molecule has 1 fully saturated rings. The lowest BCUT2D eigenvalue weighted by molar-refractivity contribution is 0.139. The Morgan fingerprint density at radius 3 is 2.63 bits per heavy atom. The van der Waals surface area contributed by atoms with Crippen molar-refractivity contribution in [3.05, 3.63) is 29.3 Å². The summed E-state index contributed by atoms with van der Waals surface area (Å²) in [4.78, 5) is 2.50. The third-order valence-electron chi connectivity index (χ3n) is 4.08. The van der Waals surface area contributed by atoms with E-state index in [4.69, 9.17) is 4.74 Å². The molecule has 19 heavy (non-hydrogen) atoms. The minimum Gasteiger partial charge on any atom is -0.384 e. The summed E-state index contributed by atoms with van der Waals surface area (Å²) in [6, 6.07) is 6.84. The third kappa shape index (κ3) is 3.71. The standard InChI is InChI=1S/C16H26N2O/c1-13-10-16(5-4-15(13)11-17-2)18-8-6-14(7-9-18)12-19-3/h4-5,10,14,17H,6-9,11-12H2,1-3H3. The molecule has 0 aromatic heterocycles. The van der Waals surface area contributed by atoms with Gasteiger partial charge in [0.2, 0.25) is 0 Å². The van der Waals surface area contributed by atoms with Gasteiger partial charge in [0.25, 0.3) is 0 Å². The number of ether oxygens (including phenoxy) is 1. The van der Waals surface area contributed by atoms with Crippen molar-refractivity contribution in [2.45, 2.75) is 26.3 Å². The van der Waals surface area contributed by atoms with Gasteiger partial charge in [0, 0.05) is 39.0 Å². The van der Waals surface area contributed by atoms with Crippen LogP contribution in [-0.2, 0) is 11.3 Å². The monoisotopic (exact) mass is 262 g/mol. The average Bonchev–Trinajstić information content (AvgIpc) is 2.43. The quantitative estimate of drug-likeness (QED) is 0.882. The van der Waals surface area contributed by atoms with Crippen LogP contribution in [0, 0.1) is 12.8 Å². The van der Waals surface area contributed by atoms with Crippen LogP contribution in [0.3, 0.4) is 0 Å². The van der Waals surface area contributed by atoms with E-state index < -0.39 is 0 Å².